The third-order valence-electron chi connectivity index (χ3n) is 4.12. The van der Waals surface area contributed by atoms with Crippen molar-refractivity contribution in [3.8, 4) is 5.88 Å². The molecule has 8 heteroatoms. The van der Waals surface area contributed by atoms with Gasteiger partial charge in [-0.3, -0.25) is 9.69 Å². The summed E-state index contributed by atoms with van der Waals surface area (Å²) in [5.74, 6) is -0.0474. The van der Waals surface area contributed by atoms with Crippen molar-refractivity contribution in [2.45, 2.75) is 19.0 Å². The van der Waals surface area contributed by atoms with Crippen LogP contribution in [-0.2, 0) is 16.9 Å². The predicted molar refractivity (Wildman–Crippen MR) is 93.7 cm³/mol. The summed E-state index contributed by atoms with van der Waals surface area (Å²) in [6.07, 6.45) is 1.58. The second-order valence-electron chi connectivity index (χ2n) is 5.74. The number of halogens is 2. The average Bonchev–Trinajstić information content (AvgIpc) is 2.79. The molecule has 1 saturated heterocycles. The van der Waals surface area contributed by atoms with Crippen LogP contribution < -0.4 is 10.1 Å². The Balaban J connectivity index is 1.94. The SMILES string of the molecule is COc1ncccc1CN1C(=O)N[C@@](C)(c2ccc(Cl)cc2Cl)C1=O. The van der Waals surface area contributed by atoms with Crippen LogP contribution in [-0.4, -0.2) is 28.9 Å². The normalized spacial score (nSPS) is 19.9. The number of carbonyl (C=O) groups excluding carboxylic acids is 2. The first-order valence-electron chi connectivity index (χ1n) is 7.44. The number of amides is 3. The molecule has 0 saturated carbocycles. The second-order valence-corrected chi connectivity index (χ2v) is 6.59. The molecule has 1 fully saturated rings. The lowest BCUT2D eigenvalue weighted by Crippen LogP contribution is -2.41. The molecule has 0 spiro atoms. The number of ether oxygens (including phenoxy) is 1. The summed E-state index contributed by atoms with van der Waals surface area (Å²) in [4.78, 5) is 30.6. The number of pyridine rings is 1. The molecular formula is C17H15Cl2N3O3. The van der Waals surface area contributed by atoms with Gasteiger partial charge in [-0.1, -0.05) is 35.3 Å². The first-order valence-corrected chi connectivity index (χ1v) is 8.20. The molecule has 0 aliphatic carbocycles. The van der Waals surface area contributed by atoms with Gasteiger partial charge in [0.15, 0.2) is 0 Å². The summed E-state index contributed by atoms with van der Waals surface area (Å²) in [6, 6.07) is 7.75. The van der Waals surface area contributed by atoms with Gasteiger partial charge in [0.2, 0.25) is 5.88 Å². The van der Waals surface area contributed by atoms with Crippen LogP contribution in [0.15, 0.2) is 36.5 Å². The minimum atomic E-state index is -1.27. The number of urea groups is 1. The Kier molecular flexibility index (Phi) is 4.58. The molecule has 3 amide bonds. The van der Waals surface area contributed by atoms with Crippen molar-refractivity contribution < 1.29 is 14.3 Å². The number of nitrogens with zero attached hydrogens (tertiary/aromatic N) is 2. The number of imide groups is 1. The smallest absolute Gasteiger partial charge is 0.325 e. The summed E-state index contributed by atoms with van der Waals surface area (Å²) in [5, 5.41) is 3.47. The van der Waals surface area contributed by atoms with Crippen molar-refractivity contribution in [3.05, 3.63) is 57.7 Å². The van der Waals surface area contributed by atoms with Gasteiger partial charge in [-0.15, -0.1) is 0 Å². The maximum Gasteiger partial charge on any atom is 0.325 e. The molecule has 1 aromatic carbocycles. The Bertz CT molecular complexity index is 859. The molecule has 2 aromatic rings. The number of methoxy groups -OCH3 is 1. The fourth-order valence-electron chi connectivity index (χ4n) is 2.82. The van der Waals surface area contributed by atoms with Gasteiger partial charge >= 0.3 is 6.03 Å². The van der Waals surface area contributed by atoms with Gasteiger partial charge < -0.3 is 10.1 Å². The third kappa shape index (κ3) is 3.03. The van der Waals surface area contributed by atoms with Crippen LogP contribution in [0.5, 0.6) is 5.88 Å². The van der Waals surface area contributed by atoms with Gasteiger partial charge in [-0.2, -0.15) is 0 Å². The van der Waals surface area contributed by atoms with Crippen molar-refractivity contribution >= 4 is 35.1 Å². The molecule has 1 aliphatic heterocycles. The Hall–Kier alpha value is -2.31. The number of hydrogen-bond acceptors (Lipinski definition) is 4. The molecule has 0 bridgehead atoms. The molecular weight excluding hydrogens is 365 g/mol. The third-order valence-corrected chi connectivity index (χ3v) is 4.66. The number of carbonyl (C=O) groups is 2. The first-order chi connectivity index (χ1) is 11.9. The van der Waals surface area contributed by atoms with Crippen molar-refractivity contribution in [2.75, 3.05) is 7.11 Å². The summed E-state index contributed by atoms with van der Waals surface area (Å²) in [7, 11) is 1.48. The molecule has 6 nitrogen and oxygen atoms in total. The highest BCUT2D eigenvalue weighted by Gasteiger charge is 2.50. The molecule has 1 atom stereocenters. The van der Waals surface area contributed by atoms with E-state index < -0.39 is 17.5 Å². The van der Waals surface area contributed by atoms with Crippen LogP contribution in [0.25, 0.3) is 0 Å². The largest absolute Gasteiger partial charge is 0.481 e. The molecule has 1 N–H and O–H groups in total. The standard InChI is InChI=1S/C17H15Cl2N3O3/c1-17(12-6-5-11(18)8-13(12)19)15(23)22(16(24)21-17)9-10-4-3-7-20-14(10)25-2/h3-8H,9H2,1-2H3,(H,21,24)/t17-/m0/s1. The molecule has 1 aliphatic rings. The highest BCUT2D eigenvalue weighted by atomic mass is 35.5. The average molecular weight is 380 g/mol. The van der Waals surface area contributed by atoms with Gasteiger partial charge in [-0.25, -0.2) is 9.78 Å². The van der Waals surface area contributed by atoms with Gasteiger partial charge in [-0.05, 0) is 25.1 Å². The Morgan fingerprint density at radius 2 is 2.04 bits per heavy atom. The van der Waals surface area contributed by atoms with E-state index in [1.165, 1.54) is 13.2 Å². The molecule has 1 aromatic heterocycles. The van der Waals surface area contributed by atoms with E-state index in [2.05, 4.69) is 10.3 Å². The first kappa shape index (κ1) is 17.5. The van der Waals surface area contributed by atoms with Gasteiger partial charge in [0.25, 0.3) is 5.91 Å². The zero-order valence-electron chi connectivity index (χ0n) is 13.5. The van der Waals surface area contributed by atoms with Crippen molar-refractivity contribution in [1.82, 2.24) is 15.2 Å². The van der Waals surface area contributed by atoms with Gasteiger partial charge in [0.1, 0.15) is 5.54 Å². The minimum Gasteiger partial charge on any atom is -0.481 e. The lowest BCUT2D eigenvalue weighted by molar-refractivity contribution is -0.131. The maximum atomic E-state index is 13.0. The van der Waals surface area contributed by atoms with E-state index in [-0.39, 0.29) is 6.54 Å². The van der Waals surface area contributed by atoms with E-state index in [1.807, 2.05) is 0 Å². The Morgan fingerprint density at radius 1 is 1.28 bits per heavy atom. The van der Waals surface area contributed by atoms with Crippen LogP contribution >= 0.6 is 23.2 Å². The molecule has 130 valence electrons. The topological polar surface area (TPSA) is 71.5 Å². The summed E-state index contributed by atoms with van der Waals surface area (Å²) in [5.41, 5.74) is -0.161. The van der Waals surface area contributed by atoms with Gasteiger partial charge in [0, 0.05) is 27.4 Å². The molecule has 3 rings (SSSR count). The summed E-state index contributed by atoms with van der Waals surface area (Å²) < 4.78 is 5.18. The van der Waals surface area contributed by atoms with E-state index in [0.717, 1.165) is 4.90 Å². The number of rotatable bonds is 4. The van der Waals surface area contributed by atoms with Crippen LogP contribution in [0.4, 0.5) is 4.79 Å². The monoisotopic (exact) mass is 379 g/mol. The van der Waals surface area contributed by atoms with Crippen LogP contribution in [0.3, 0.4) is 0 Å². The van der Waals surface area contributed by atoms with Crippen molar-refractivity contribution in [3.63, 3.8) is 0 Å². The van der Waals surface area contributed by atoms with Crippen LogP contribution in [0, 0.1) is 0 Å². The molecule has 25 heavy (non-hydrogen) atoms. The van der Waals surface area contributed by atoms with E-state index in [9.17, 15) is 9.59 Å². The number of nitrogens with one attached hydrogen (secondary N) is 1. The van der Waals surface area contributed by atoms with E-state index >= 15 is 0 Å². The van der Waals surface area contributed by atoms with Crippen LogP contribution in [0.2, 0.25) is 10.0 Å². The van der Waals surface area contributed by atoms with Crippen LogP contribution in [0.1, 0.15) is 18.1 Å². The summed E-state index contributed by atoms with van der Waals surface area (Å²) in [6.45, 7) is 1.66. The van der Waals surface area contributed by atoms with Crippen molar-refractivity contribution in [2.24, 2.45) is 0 Å². The Labute approximate surface area is 154 Å². The quantitative estimate of drug-likeness (QED) is 0.826. The maximum absolute atomic E-state index is 13.0. The molecule has 0 radical (unpaired) electrons. The number of hydrogen-bond donors (Lipinski definition) is 1. The fraction of sp³-hybridized carbons (Fsp3) is 0.235. The number of benzene rings is 1. The van der Waals surface area contributed by atoms with Crippen molar-refractivity contribution in [1.29, 1.82) is 0 Å². The van der Waals surface area contributed by atoms with E-state index in [4.69, 9.17) is 27.9 Å². The zero-order chi connectivity index (χ0) is 18.2. The second kappa shape index (κ2) is 6.54. The summed E-state index contributed by atoms with van der Waals surface area (Å²) >= 11 is 12.1. The minimum absolute atomic E-state index is 0.0441. The molecule has 2 heterocycles. The van der Waals surface area contributed by atoms with E-state index in [1.54, 1.807) is 37.4 Å². The number of aromatic nitrogens is 1. The highest BCUT2D eigenvalue weighted by Crippen LogP contribution is 2.35. The molecule has 0 unspecified atom stereocenters. The fourth-order valence-corrected chi connectivity index (χ4v) is 3.41. The van der Waals surface area contributed by atoms with Gasteiger partial charge in [0.05, 0.1) is 13.7 Å². The predicted octanol–water partition coefficient (Wildman–Crippen LogP) is 3.36. The lowest BCUT2D eigenvalue weighted by Gasteiger charge is -2.23. The lowest BCUT2D eigenvalue weighted by atomic mass is 9.92. The Morgan fingerprint density at radius 3 is 2.72 bits per heavy atom. The zero-order valence-corrected chi connectivity index (χ0v) is 15.1. The van der Waals surface area contributed by atoms with E-state index in [0.29, 0.717) is 27.1 Å². The highest BCUT2D eigenvalue weighted by molar-refractivity contribution is 6.35.